The quantitative estimate of drug-likeness (QED) is 0.131. The lowest BCUT2D eigenvalue weighted by Gasteiger charge is -2.14. The Morgan fingerprint density at radius 2 is 0.957 bits per heavy atom. The number of imidazole rings is 2. The second-order valence-electron chi connectivity index (χ2n) is 13.2. The second-order valence-corrected chi connectivity index (χ2v) is 13.6. The van der Waals surface area contributed by atoms with Gasteiger partial charge in [-0.25, -0.2) is 19.6 Å². The maximum absolute atomic E-state index is 11.3. The minimum Gasteiger partial charge on any atom is -0.453 e. The van der Waals surface area contributed by atoms with Crippen LogP contribution < -0.4 is 11.5 Å². The van der Waals surface area contributed by atoms with Crippen LogP contribution in [0.15, 0.2) is 67.4 Å². The van der Waals surface area contributed by atoms with Crippen LogP contribution in [-0.2, 0) is 19.1 Å². The summed E-state index contributed by atoms with van der Waals surface area (Å²) in [6.45, 7) is 16.5. The van der Waals surface area contributed by atoms with Gasteiger partial charge in [0.05, 0.1) is 38.8 Å². The lowest BCUT2D eigenvalue weighted by Crippen LogP contribution is -2.27. The molecule has 15 heteroatoms. The minimum absolute atomic E-state index is 0.344. The van der Waals surface area contributed by atoms with Gasteiger partial charge in [-0.1, -0.05) is 102 Å². The normalized spacial score (nSPS) is 12.5. The number of carbonyl (C=O) groups excluding carboxylic acids is 4. The Morgan fingerprint density at radius 3 is 1.20 bits per heavy atom. The molecule has 2 atom stereocenters. The molecule has 0 aliphatic carbocycles. The molecule has 69 heavy (non-hydrogen) atoms. The average Bonchev–Trinajstić information content (AvgIpc) is 4.27. The van der Waals surface area contributed by atoms with Gasteiger partial charge in [-0.15, -0.1) is 77.1 Å². The minimum atomic E-state index is -0.745. The number of aromatic amines is 2. The summed E-state index contributed by atoms with van der Waals surface area (Å²) in [6, 6.07) is 16.6. The molecule has 6 N–H and O–H groups in total. The van der Waals surface area contributed by atoms with Crippen LogP contribution in [0.25, 0.3) is 33.6 Å². The SMILES string of the molecule is C#C.C#C.C#C.C#C.C#C.C#C.CC.CCCC(=O)N1CC[C@@H](C)C1.CCCC(=O)N1CC[C@@H](C)C1.COC(N)=O.COC(N)=O.Clc1[nH]cnc1-c1ccc(-c2ccc(-c3cnc[nH]3)cc2)cc1. The number of ether oxygens (including phenoxy) is 2. The highest BCUT2D eigenvalue weighted by Gasteiger charge is 2.22. The average molecular weight is 968 g/mol. The van der Waals surface area contributed by atoms with Crippen LogP contribution in [0.3, 0.4) is 0 Å². The molecular weight excluding hydrogens is 892 g/mol. The zero-order valence-corrected chi connectivity index (χ0v) is 42.5. The number of hydrogen-bond donors (Lipinski definition) is 4. The first kappa shape index (κ1) is 72.6. The maximum atomic E-state index is 11.3. The van der Waals surface area contributed by atoms with Crippen molar-refractivity contribution in [2.24, 2.45) is 23.3 Å². The number of aromatic nitrogens is 4. The Bertz CT molecular complexity index is 1900. The third-order valence-corrected chi connectivity index (χ3v) is 8.95. The molecule has 2 aliphatic rings. The molecule has 2 saturated heterocycles. The first-order chi connectivity index (χ1) is 33.3. The number of rotatable bonds is 7. The van der Waals surface area contributed by atoms with E-state index in [-0.39, 0.29) is 0 Å². The number of H-pyrrole nitrogens is 2. The van der Waals surface area contributed by atoms with E-state index < -0.39 is 12.2 Å². The van der Waals surface area contributed by atoms with Crippen molar-refractivity contribution in [1.29, 1.82) is 0 Å². The number of benzene rings is 2. The van der Waals surface area contributed by atoms with Gasteiger partial charge in [0.1, 0.15) is 10.8 Å². The molecule has 4 amide bonds. The fourth-order valence-corrected chi connectivity index (χ4v) is 5.83. The Hall–Kier alpha value is -8.01. The zero-order chi connectivity index (χ0) is 54.8. The topological polar surface area (TPSA) is 203 Å². The van der Waals surface area contributed by atoms with Crippen LogP contribution in [0.5, 0.6) is 0 Å². The molecular formula is C54H75ClN8O6. The van der Waals surface area contributed by atoms with E-state index in [0.29, 0.717) is 17.0 Å². The van der Waals surface area contributed by atoms with Crippen molar-refractivity contribution in [2.75, 3.05) is 40.4 Å². The van der Waals surface area contributed by atoms with Crippen molar-refractivity contribution in [3.8, 4) is 111 Å². The Balaban J connectivity index is -0.000000185. The third kappa shape index (κ3) is 34.0. The van der Waals surface area contributed by atoms with Crippen molar-refractivity contribution in [1.82, 2.24) is 29.7 Å². The van der Waals surface area contributed by atoms with Crippen LogP contribution in [0.2, 0.25) is 5.15 Å². The predicted octanol–water partition coefficient (Wildman–Crippen LogP) is 10.0. The summed E-state index contributed by atoms with van der Waals surface area (Å²) in [6.07, 6.45) is 57.4. The van der Waals surface area contributed by atoms with Gasteiger partial charge in [0, 0.05) is 44.6 Å². The molecule has 0 unspecified atom stereocenters. The molecule has 6 rings (SSSR count). The number of hydrogen-bond acceptors (Lipinski definition) is 8. The summed E-state index contributed by atoms with van der Waals surface area (Å²) in [5.41, 5.74) is 15.1. The second kappa shape index (κ2) is 51.0. The van der Waals surface area contributed by atoms with Gasteiger partial charge in [-0.3, -0.25) is 9.59 Å². The van der Waals surface area contributed by atoms with E-state index in [4.69, 9.17) is 11.6 Å². The highest BCUT2D eigenvalue weighted by Crippen LogP contribution is 2.28. The van der Waals surface area contributed by atoms with E-state index in [1.807, 2.05) is 42.0 Å². The number of amides is 4. The largest absolute Gasteiger partial charge is 0.453 e. The first-order valence-corrected chi connectivity index (χ1v) is 21.8. The lowest BCUT2D eigenvalue weighted by atomic mass is 10.0. The number of carbonyl (C=O) groups is 4. The van der Waals surface area contributed by atoms with Gasteiger partial charge in [-0.05, 0) is 54.2 Å². The monoisotopic (exact) mass is 967 g/mol. The standard InChI is InChI=1S/C18H13ClN4.2C9H17NO.2C2H5NO2.C2H6.6C2H2/c19-18-17(22-11-23-18)15-7-3-13(4-8-15)12-1-5-14(6-2-12)16-9-20-10-21-16;2*1-3-4-9(11)10-6-5-8(2)7-10;2*1-5-2(3)4;7*1-2/h1-11H,(H,20,21)(H,22,23);2*8H,3-7H2,1-2H3;2*1H3,(H2,3,4);1-2H3;6*1-2H/t;2*8-;;;;;;;;;/m.11........./s1. The van der Waals surface area contributed by atoms with Crippen molar-refractivity contribution in [3.63, 3.8) is 0 Å². The van der Waals surface area contributed by atoms with Crippen LogP contribution >= 0.6 is 11.6 Å². The van der Waals surface area contributed by atoms with Gasteiger partial charge in [-0.2, -0.15) is 0 Å². The van der Waals surface area contributed by atoms with E-state index >= 15 is 0 Å². The van der Waals surface area contributed by atoms with E-state index in [1.165, 1.54) is 27.1 Å². The molecule has 4 aromatic rings. The predicted molar refractivity (Wildman–Crippen MR) is 286 cm³/mol. The van der Waals surface area contributed by atoms with E-state index in [9.17, 15) is 19.2 Å². The summed E-state index contributed by atoms with van der Waals surface area (Å²) < 4.78 is 7.78. The molecule has 0 spiro atoms. The van der Waals surface area contributed by atoms with Gasteiger partial charge >= 0.3 is 12.2 Å². The number of likely N-dealkylation sites (tertiary alicyclic amines) is 2. The van der Waals surface area contributed by atoms with E-state index in [0.717, 1.165) is 97.3 Å². The summed E-state index contributed by atoms with van der Waals surface area (Å²) >= 11 is 6.07. The molecule has 374 valence electrons. The summed E-state index contributed by atoms with van der Waals surface area (Å²) in [4.78, 5) is 59.6. The summed E-state index contributed by atoms with van der Waals surface area (Å²) in [5.74, 6) is 2.13. The first-order valence-electron chi connectivity index (χ1n) is 21.4. The fourth-order valence-electron chi connectivity index (χ4n) is 5.62. The van der Waals surface area contributed by atoms with Gasteiger partial charge in [0.2, 0.25) is 11.8 Å². The molecule has 0 radical (unpaired) electrons. The Kier molecular flexibility index (Phi) is 53.6. The molecule has 0 bridgehead atoms. The van der Waals surface area contributed by atoms with Crippen molar-refractivity contribution >= 4 is 35.6 Å². The number of methoxy groups -OCH3 is 2. The molecule has 4 heterocycles. The van der Waals surface area contributed by atoms with Gasteiger partial charge in [0.15, 0.2) is 0 Å². The van der Waals surface area contributed by atoms with Gasteiger partial charge < -0.3 is 40.7 Å². The number of primary amides is 2. The third-order valence-electron chi connectivity index (χ3n) is 8.66. The van der Waals surface area contributed by atoms with Crippen LogP contribution in [0, 0.1) is 88.9 Å². The van der Waals surface area contributed by atoms with Crippen LogP contribution in [0.4, 0.5) is 9.59 Å². The zero-order valence-electron chi connectivity index (χ0n) is 41.8. The molecule has 2 aliphatic heterocycles. The van der Waals surface area contributed by atoms with E-state index in [1.54, 1.807) is 12.7 Å². The van der Waals surface area contributed by atoms with Gasteiger partial charge in [0.25, 0.3) is 0 Å². The summed E-state index contributed by atoms with van der Waals surface area (Å²) in [5, 5.41) is 0.557. The molecule has 0 saturated carbocycles. The summed E-state index contributed by atoms with van der Waals surface area (Å²) in [7, 11) is 2.45. The number of nitrogens with one attached hydrogen (secondary N) is 2. The van der Waals surface area contributed by atoms with E-state index in [2.05, 4.69) is 182 Å². The molecule has 14 nitrogen and oxygen atoms in total. The number of terminal acetylenes is 6. The van der Waals surface area contributed by atoms with Crippen LogP contribution in [0.1, 0.15) is 80.1 Å². The molecule has 2 aromatic carbocycles. The van der Waals surface area contributed by atoms with Crippen molar-refractivity contribution in [2.45, 2.75) is 80.1 Å². The number of nitrogens with two attached hydrogens (primary N) is 2. The van der Waals surface area contributed by atoms with Crippen LogP contribution in [-0.4, -0.2) is 94.1 Å². The fraction of sp³-hybridized carbons (Fsp3) is 0.370. The number of nitrogens with zero attached hydrogens (tertiary/aromatic N) is 4. The maximum Gasteiger partial charge on any atom is 0.404 e. The molecule has 2 aromatic heterocycles. The molecule has 2 fully saturated rings. The smallest absolute Gasteiger partial charge is 0.404 e. The van der Waals surface area contributed by atoms with Crippen molar-refractivity contribution < 1.29 is 28.7 Å². The Labute approximate surface area is 419 Å². The highest BCUT2D eigenvalue weighted by molar-refractivity contribution is 6.31. The van der Waals surface area contributed by atoms with Crippen molar-refractivity contribution in [3.05, 3.63) is 72.5 Å². The lowest BCUT2D eigenvalue weighted by molar-refractivity contribution is -0.131. The number of halogens is 1. The highest BCUT2D eigenvalue weighted by atomic mass is 35.5. The Morgan fingerprint density at radius 1 is 0.623 bits per heavy atom.